The van der Waals surface area contributed by atoms with Gasteiger partial charge in [0.05, 0.1) is 6.61 Å². The van der Waals surface area contributed by atoms with E-state index in [-0.39, 0.29) is 12.3 Å². The molecule has 0 aliphatic rings. The fourth-order valence-electron chi connectivity index (χ4n) is 1.54. The fraction of sp³-hybridized carbons (Fsp3) is 0.385. The van der Waals surface area contributed by atoms with Gasteiger partial charge in [0.25, 0.3) is 0 Å². The third kappa shape index (κ3) is 3.48. The number of aliphatic carboxylic acids is 1. The van der Waals surface area contributed by atoms with E-state index in [0.29, 0.717) is 17.9 Å². The summed E-state index contributed by atoms with van der Waals surface area (Å²) in [6.07, 6.45) is 0.237. The molecule has 0 aromatic heterocycles. The van der Waals surface area contributed by atoms with E-state index in [1.165, 1.54) is 0 Å². The highest BCUT2D eigenvalue weighted by atomic mass is 16.5. The van der Waals surface area contributed by atoms with E-state index >= 15 is 0 Å². The van der Waals surface area contributed by atoms with Gasteiger partial charge in [0.2, 0.25) is 5.91 Å². The number of carboxylic acids is 1. The Balaban J connectivity index is 3.05. The summed E-state index contributed by atoms with van der Waals surface area (Å²) in [5.41, 5.74) is 0.452. The molecule has 18 heavy (non-hydrogen) atoms. The largest absolute Gasteiger partial charge is 0.493 e. The van der Waals surface area contributed by atoms with Crippen molar-refractivity contribution in [3.05, 3.63) is 29.8 Å². The second kappa shape index (κ2) is 6.64. The maximum atomic E-state index is 11.4. The van der Waals surface area contributed by atoms with Crippen LogP contribution in [0.4, 0.5) is 0 Å². The molecule has 98 valence electrons. The van der Waals surface area contributed by atoms with Gasteiger partial charge in [-0.05, 0) is 13.0 Å². The zero-order valence-corrected chi connectivity index (χ0v) is 10.5. The predicted octanol–water partition coefficient (Wildman–Crippen LogP) is 1.74. The van der Waals surface area contributed by atoms with Crippen LogP contribution in [-0.4, -0.2) is 23.6 Å². The number of nitrogens with one attached hydrogen (secondary N) is 1. The van der Waals surface area contributed by atoms with Crippen molar-refractivity contribution in [2.45, 2.75) is 26.3 Å². The number of hydrogen-bond donors (Lipinski definition) is 2. The summed E-state index contributed by atoms with van der Waals surface area (Å²) in [4.78, 5) is 22.6. The molecule has 0 heterocycles. The van der Waals surface area contributed by atoms with E-state index in [1.807, 2.05) is 6.92 Å². The first-order chi connectivity index (χ1) is 8.60. The van der Waals surface area contributed by atoms with Gasteiger partial charge in [0.15, 0.2) is 6.04 Å². The number of para-hydroxylation sites is 1. The summed E-state index contributed by atoms with van der Waals surface area (Å²) in [5.74, 6) is -0.943. The highest BCUT2D eigenvalue weighted by Crippen LogP contribution is 2.25. The van der Waals surface area contributed by atoms with Crippen LogP contribution in [0.5, 0.6) is 5.75 Å². The lowest BCUT2D eigenvalue weighted by Crippen LogP contribution is -2.33. The van der Waals surface area contributed by atoms with Gasteiger partial charge < -0.3 is 15.2 Å². The van der Waals surface area contributed by atoms with Gasteiger partial charge in [0.1, 0.15) is 5.75 Å². The third-order valence-corrected chi connectivity index (χ3v) is 2.40. The van der Waals surface area contributed by atoms with Crippen LogP contribution in [0.2, 0.25) is 0 Å². The van der Waals surface area contributed by atoms with Gasteiger partial charge in [0, 0.05) is 12.0 Å². The van der Waals surface area contributed by atoms with Crippen molar-refractivity contribution in [1.82, 2.24) is 5.32 Å². The third-order valence-electron chi connectivity index (χ3n) is 2.40. The summed E-state index contributed by atoms with van der Waals surface area (Å²) >= 11 is 0. The quantitative estimate of drug-likeness (QED) is 0.807. The Kier molecular flexibility index (Phi) is 5.17. The number of ether oxygens (including phenoxy) is 1. The number of rotatable bonds is 6. The summed E-state index contributed by atoms with van der Waals surface area (Å²) in [6.45, 7) is 3.92. The highest BCUT2D eigenvalue weighted by Gasteiger charge is 2.24. The van der Waals surface area contributed by atoms with Gasteiger partial charge in [-0.25, -0.2) is 4.79 Å². The zero-order valence-electron chi connectivity index (χ0n) is 10.5. The monoisotopic (exact) mass is 251 g/mol. The first kappa shape index (κ1) is 14.0. The molecule has 1 aromatic carbocycles. The van der Waals surface area contributed by atoms with Gasteiger partial charge in [-0.2, -0.15) is 0 Å². The Bertz CT molecular complexity index is 431. The Morgan fingerprint density at radius 3 is 2.56 bits per heavy atom. The van der Waals surface area contributed by atoms with Crippen molar-refractivity contribution >= 4 is 11.9 Å². The lowest BCUT2D eigenvalue weighted by atomic mass is 10.1. The summed E-state index contributed by atoms with van der Waals surface area (Å²) in [7, 11) is 0. The van der Waals surface area contributed by atoms with Crippen LogP contribution in [0, 0.1) is 0 Å². The standard InChI is InChI=1S/C13H17NO4/c1-3-11(15)14-12(13(16)17)9-7-5-6-8-10(9)18-4-2/h5-8,12H,3-4H2,1-2H3,(H,14,15)(H,16,17). The molecule has 1 unspecified atom stereocenters. The number of carbonyl (C=O) groups excluding carboxylic acids is 1. The van der Waals surface area contributed by atoms with Crippen LogP contribution in [0.25, 0.3) is 0 Å². The molecular weight excluding hydrogens is 234 g/mol. The first-order valence-electron chi connectivity index (χ1n) is 5.84. The Morgan fingerprint density at radius 1 is 1.33 bits per heavy atom. The maximum Gasteiger partial charge on any atom is 0.331 e. The van der Waals surface area contributed by atoms with Crippen molar-refractivity contribution in [3.63, 3.8) is 0 Å². The number of carbonyl (C=O) groups is 2. The molecule has 2 N–H and O–H groups in total. The molecule has 0 saturated heterocycles. The van der Waals surface area contributed by atoms with Gasteiger partial charge >= 0.3 is 5.97 Å². The molecule has 1 atom stereocenters. The smallest absolute Gasteiger partial charge is 0.331 e. The summed E-state index contributed by atoms with van der Waals surface area (Å²) < 4.78 is 5.37. The average Bonchev–Trinajstić information content (AvgIpc) is 2.36. The van der Waals surface area contributed by atoms with Gasteiger partial charge in [-0.1, -0.05) is 25.1 Å². The normalized spacial score (nSPS) is 11.7. The van der Waals surface area contributed by atoms with E-state index in [1.54, 1.807) is 31.2 Å². The van der Waals surface area contributed by atoms with Crippen LogP contribution in [0.3, 0.4) is 0 Å². The Morgan fingerprint density at radius 2 is 2.00 bits per heavy atom. The molecule has 5 heteroatoms. The van der Waals surface area contributed by atoms with Crippen molar-refractivity contribution in [2.24, 2.45) is 0 Å². The molecule has 0 bridgehead atoms. The molecule has 1 amide bonds. The topological polar surface area (TPSA) is 75.6 Å². The highest BCUT2D eigenvalue weighted by molar-refractivity contribution is 5.84. The second-order valence-corrected chi connectivity index (χ2v) is 3.66. The maximum absolute atomic E-state index is 11.4. The van der Waals surface area contributed by atoms with E-state index in [4.69, 9.17) is 4.74 Å². The van der Waals surface area contributed by atoms with Crippen molar-refractivity contribution in [2.75, 3.05) is 6.61 Å². The van der Waals surface area contributed by atoms with Crippen LogP contribution in [0.1, 0.15) is 31.9 Å². The molecule has 1 rings (SSSR count). The van der Waals surface area contributed by atoms with Crippen LogP contribution >= 0.6 is 0 Å². The molecular formula is C13H17NO4. The molecule has 0 aliphatic heterocycles. The number of benzene rings is 1. The van der Waals surface area contributed by atoms with E-state index < -0.39 is 12.0 Å². The summed E-state index contributed by atoms with van der Waals surface area (Å²) in [6, 6.07) is 5.72. The van der Waals surface area contributed by atoms with Crippen molar-refractivity contribution < 1.29 is 19.4 Å². The van der Waals surface area contributed by atoms with Gasteiger partial charge in [-0.3, -0.25) is 4.79 Å². The van der Waals surface area contributed by atoms with Crippen LogP contribution < -0.4 is 10.1 Å². The first-order valence-corrected chi connectivity index (χ1v) is 5.84. The van der Waals surface area contributed by atoms with Crippen LogP contribution in [-0.2, 0) is 9.59 Å². The SMILES string of the molecule is CCOc1ccccc1C(NC(=O)CC)C(=O)O. The molecule has 0 spiro atoms. The lowest BCUT2D eigenvalue weighted by molar-refractivity contribution is -0.142. The zero-order chi connectivity index (χ0) is 13.5. The summed E-state index contributed by atoms with van der Waals surface area (Å²) in [5, 5.41) is 11.7. The van der Waals surface area contributed by atoms with E-state index in [2.05, 4.69) is 5.32 Å². The predicted molar refractivity (Wildman–Crippen MR) is 66.4 cm³/mol. The minimum atomic E-state index is -1.11. The molecule has 0 radical (unpaired) electrons. The van der Waals surface area contributed by atoms with Crippen molar-refractivity contribution in [1.29, 1.82) is 0 Å². The molecule has 1 aromatic rings. The molecule has 5 nitrogen and oxygen atoms in total. The number of amides is 1. The average molecular weight is 251 g/mol. The molecule has 0 fully saturated rings. The van der Waals surface area contributed by atoms with Crippen LogP contribution in [0.15, 0.2) is 24.3 Å². The second-order valence-electron chi connectivity index (χ2n) is 3.66. The fourth-order valence-corrected chi connectivity index (χ4v) is 1.54. The minimum absolute atomic E-state index is 0.237. The van der Waals surface area contributed by atoms with E-state index in [9.17, 15) is 14.7 Å². The minimum Gasteiger partial charge on any atom is -0.493 e. The van der Waals surface area contributed by atoms with Gasteiger partial charge in [-0.15, -0.1) is 0 Å². The number of hydrogen-bond acceptors (Lipinski definition) is 3. The number of carboxylic acid groups (broad SMARTS) is 1. The van der Waals surface area contributed by atoms with E-state index in [0.717, 1.165) is 0 Å². The molecule has 0 aliphatic carbocycles. The lowest BCUT2D eigenvalue weighted by Gasteiger charge is -2.17. The van der Waals surface area contributed by atoms with Crippen molar-refractivity contribution in [3.8, 4) is 5.75 Å². The Hall–Kier alpha value is -2.04. The Labute approximate surface area is 106 Å². The molecule has 0 saturated carbocycles.